The van der Waals surface area contributed by atoms with Gasteiger partial charge in [0.2, 0.25) is 0 Å². The number of nitrogens with zero attached hydrogens (tertiary/aromatic N) is 2. The molecule has 2 aromatic carbocycles. The maximum Gasteiger partial charge on any atom is 0.416 e. The first-order valence-corrected chi connectivity index (χ1v) is 8.82. The van der Waals surface area contributed by atoms with Crippen LogP contribution in [-0.2, 0) is 17.5 Å². The van der Waals surface area contributed by atoms with Crippen LogP contribution in [0.5, 0.6) is 0 Å². The molecule has 3 rings (SSSR count). The van der Waals surface area contributed by atoms with Crippen LogP contribution in [-0.4, -0.2) is 24.6 Å². The van der Waals surface area contributed by atoms with E-state index in [4.69, 9.17) is 27.9 Å². The second-order valence-electron chi connectivity index (χ2n) is 5.96. The summed E-state index contributed by atoms with van der Waals surface area (Å²) in [6, 6.07) is 9.99. The smallest absolute Gasteiger partial charge is 0.367 e. The van der Waals surface area contributed by atoms with Crippen molar-refractivity contribution in [2.45, 2.75) is 18.9 Å². The lowest BCUT2D eigenvalue weighted by Gasteiger charge is -2.24. The fraction of sp³-hybridized carbons (Fsp3) is 0.278. The van der Waals surface area contributed by atoms with E-state index in [0.29, 0.717) is 28.8 Å². The van der Waals surface area contributed by atoms with Gasteiger partial charge in [-0.1, -0.05) is 41.4 Å². The van der Waals surface area contributed by atoms with Gasteiger partial charge in [-0.05, 0) is 29.8 Å². The van der Waals surface area contributed by atoms with E-state index in [2.05, 4.69) is 10.4 Å². The van der Waals surface area contributed by atoms with Gasteiger partial charge >= 0.3 is 6.18 Å². The van der Waals surface area contributed by atoms with Crippen LogP contribution in [0.1, 0.15) is 22.8 Å². The Morgan fingerprint density at radius 3 is 2.48 bits per heavy atom. The monoisotopic (exact) mass is 417 g/mol. The van der Waals surface area contributed by atoms with E-state index in [1.807, 2.05) is 0 Å². The van der Waals surface area contributed by atoms with E-state index >= 15 is 0 Å². The summed E-state index contributed by atoms with van der Waals surface area (Å²) in [6.07, 6.45) is -3.22. The van der Waals surface area contributed by atoms with Gasteiger partial charge in [0.05, 0.1) is 18.7 Å². The van der Waals surface area contributed by atoms with Crippen molar-refractivity contribution in [1.29, 1.82) is 0 Å². The molecule has 4 nitrogen and oxygen atoms in total. The van der Waals surface area contributed by atoms with Gasteiger partial charge in [-0.25, -0.2) is 0 Å². The van der Waals surface area contributed by atoms with Gasteiger partial charge in [-0.15, -0.1) is 0 Å². The third kappa shape index (κ3) is 5.28. The van der Waals surface area contributed by atoms with Gasteiger partial charge < -0.3 is 10.1 Å². The number of benzene rings is 2. The molecule has 0 saturated carbocycles. The molecule has 1 aliphatic heterocycles. The quantitative estimate of drug-likeness (QED) is 0.712. The highest BCUT2D eigenvalue weighted by Gasteiger charge is 2.30. The fourth-order valence-corrected chi connectivity index (χ4v) is 3.13. The van der Waals surface area contributed by atoms with Crippen LogP contribution >= 0.6 is 23.2 Å². The van der Waals surface area contributed by atoms with Crippen molar-refractivity contribution in [1.82, 2.24) is 10.3 Å². The Balaban J connectivity index is 1.73. The summed E-state index contributed by atoms with van der Waals surface area (Å²) < 4.78 is 44.0. The first-order chi connectivity index (χ1) is 12.8. The number of hydrogen-bond donors (Lipinski definition) is 1. The molecule has 0 aromatic heterocycles. The molecular formula is C18H16Cl2F3N3O. The molecule has 2 aromatic rings. The second kappa shape index (κ2) is 8.37. The third-order valence-corrected chi connectivity index (χ3v) is 4.57. The first-order valence-electron chi connectivity index (χ1n) is 8.06. The maximum atomic E-state index is 12.7. The highest BCUT2D eigenvalue weighted by Crippen LogP contribution is 2.31. The van der Waals surface area contributed by atoms with Crippen LogP contribution in [0.2, 0.25) is 10.0 Å². The maximum absolute atomic E-state index is 12.7. The Morgan fingerprint density at radius 1 is 1.15 bits per heavy atom. The molecule has 144 valence electrons. The second-order valence-corrected chi connectivity index (χ2v) is 6.80. The van der Waals surface area contributed by atoms with E-state index in [9.17, 15) is 13.2 Å². The van der Waals surface area contributed by atoms with Gasteiger partial charge in [0, 0.05) is 15.6 Å². The largest absolute Gasteiger partial charge is 0.416 e. The summed E-state index contributed by atoms with van der Waals surface area (Å²) in [5.74, 6) is 0. The number of nitrogens with one attached hydrogen (secondary N) is 1. The Kier molecular flexibility index (Phi) is 6.14. The van der Waals surface area contributed by atoms with E-state index in [-0.39, 0.29) is 6.61 Å². The van der Waals surface area contributed by atoms with Gasteiger partial charge in [-0.3, -0.25) is 5.01 Å². The molecule has 1 unspecified atom stereocenters. The number of ether oxygens (including phenoxy) is 1. The van der Waals surface area contributed by atoms with Gasteiger partial charge in [0.15, 0.2) is 0 Å². The molecule has 1 aliphatic rings. The molecule has 0 bridgehead atoms. The first kappa shape index (κ1) is 19.8. The molecule has 0 radical (unpaired) electrons. The third-order valence-electron chi connectivity index (χ3n) is 4.00. The minimum atomic E-state index is -4.36. The summed E-state index contributed by atoms with van der Waals surface area (Å²) in [6.45, 7) is 1.09. The minimum Gasteiger partial charge on any atom is -0.367 e. The molecule has 0 amide bonds. The molecular weight excluding hydrogens is 402 g/mol. The van der Waals surface area contributed by atoms with Crippen molar-refractivity contribution < 1.29 is 17.9 Å². The highest BCUT2D eigenvalue weighted by molar-refractivity contribution is 6.35. The van der Waals surface area contributed by atoms with Gasteiger partial charge in [0.1, 0.15) is 19.1 Å². The Hall–Kier alpha value is -1.96. The van der Waals surface area contributed by atoms with Crippen molar-refractivity contribution in [2.75, 3.05) is 13.2 Å². The Bertz CT molecular complexity index is 812. The fourth-order valence-electron chi connectivity index (χ4n) is 2.60. The van der Waals surface area contributed by atoms with Crippen LogP contribution in [0.15, 0.2) is 47.6 Å². The van der Waals surface area contributed by atoms with Crippen LogP contribution in [0.25, 0.3) is 0 Å². The molecule has 0 fully saturated rings. The van der Waals surface area contributed by atoms with Crippen molar-refractivity contribution in [3.05, 3.63) is 69.2 Å². The summed E-state index contributed by atoms with van der Waals surface area (Å²) in [5, 5.41) is 9.86. The average molecular weight is 418 g/mol. The van der Waals surface area contributed by atoms with E-state index in [0.717, 1.165) is 17.7 Å². The molecule has 1 N–H and O–H groups in total. The lowest BCUT2D eigenvalue weighted by molar-refractivity contribution is -0.137. The molecule has 27 heavy (non-hydrogen) atoms. The molecule has 0 aliphatic carbocycles. The SMILES string of the molecule is FC(F)(F)c1ccc(COC(CN2CNC=N2)c2ccc(Cl)cc2Cl)cc1. The van der Waals surface area contributed by atoms with Crippen molar-refractivity contribution in [3.8, 4) is 0 Å². The molecule has 0 spiro atoms. The zero-order chi connectivity index (χ0) is 19.4. The summed E-state index contributed by atoms with van der Waals surface area (Å²) in [5.41, 5.74) is 0.664. The van der Waals surface area contributed by atoms with Crippen molar-refractivity contribution >= 4 is 29.5 Å². The predicted octanol–water partition coefficient (Wildman–Crippen LogP) is 5.08. The Labute approximate surface area is 164 Å². The summed E-state index contributed by atoms with van der Waals surface area (Å²) >= 11 is 12.3. The van der Waals surface area contributed by atoms with Crippen LogP contribution in [0, 0.1) is 0 Å². The van der Waals surface area contributed by atoms with Crippen molar-refractivity contribution in [2.24, 2.45) is 5.10 Å². The van der Waals surface area contributed by atoms with Crippen LogP contribution in [0.3, 0.4) is 0 Å². The van der Waals surface area contributed by atoms with Crippen LogP contribution < -0.4 is 5.32 Å². The standard InChI is InChI=1S/C18H16Cl2F3N3O/c19-14-5-6-15(16(20)7-14)17(8-26-11-24-10-25-26)27-9-12-1-3-13(4-2-12)18(21,22)23/h1-7,10,17H,8-9,11H2,(H,24,25). The highest BCUT2D eigenvalue weighted by atomic mass is 35.5. The van der Waals surface area contributed by atoms with Crippen LogP contribution in [0.4, 0.5) is 13.2 Å². The zero-order valence-electron chi connectivity index (χ0n) is 14.0. The minimum absolute atomic E-state index is 0.132. The molecule has 0 saturated heterocycles. The number of halogens is 5. The van der Waals surface area contributed by atoms with Gasteiger partial charge in [0.25, 0.3) is 0 Å². The normalized spacial score (nSPS) is 15.1. The molecule has 1 atom stereocenters. The number of alkyl halides is 3. The zero-order valence-corrected chi connectivity index (χ0v) is 15.5. The summed E-state index contributed by atoms with van der Waals surface area (Å²) in [7, 11) is 0. The molecule has 9 heteroatoms. The van der Waals surface area contributed by atoms with E-state index < -0.39 is 17.8 Å². The lowest BCUT2D eigenvalue weighted by Crippen LogP contribution is -2.27. The predicted molar refractivity (Wildman–Crippen MR) is 98.6 cm³/mol. The topological polar surface area (TPSA) is 36.9 Å². The Morgan fingerprint density at radius 2 is 1.89 bits per heavy atom. The number of rotatable bonds is 6. The number of hydrogen-bond acceptors (Lipinski definition) is 4. The lowest BCUT2D eigenvalue weighted by atomic mass is 10.1. The molecule has 1 heterocycles. The van der Waals surface area contributed by atoms with Gasteiger partial charge in [-0.2, -0.15) is 18.3 Å². The average Bonchev–Trinajstić information content (AvgIpc) is 3.12. The van der Waals surface area contributed by atoms with E-state index in [1.54, 1.807) is 29.5 Å². The van der Waals surface area contributed by atoms with Crippen molar-refractivity contribution in [3.63, 3.8) is 0 Å². The number of hydrazone groups is 1. The summed E-state index contributed by atoms with van der Waals surface area (Å²) in [4.78, 5) is 0. The van der Waals surface area contributed by atoms with E-state index in [1.165, 1.54) is 12.1 Å².